The summed E-state index contributed by atoms with van der Waals surface area (Å²) in [5.41, 5.74) is 0.126. The van der Waals surface area contributed by atoms with Crippen molar-refractivity contribution in [2.75, 3.05) is 14.2 Å². The first-order chi connectivity index (χ1) is 10.0. The second-order valence-corrected chi connectivity index (χ2v) is 5.71. The molecule has 0 amide bonds. The number of nitrogens with one attached hydrogen (secondary N) is 1. The van der Waals surface area contributed by atoms with Crippen molar-refractivity contribution < 1.29 is 14.3 Å². The lowest BCUT2D eigenvalue weighted by Gasteiger charge is -2.55. The van der Waals surface area contributed by atoms with Crippen molar-refractivity contribution in [3.05, 3.63) is 29.8 Å². The van der Waals surface area contributed by atoms with Gasteiger partial charge < -0.3 is 19.7 Å². The lowest BCUT2D eigenvalue weighted by Crippen LogP contribution is -2.71. The molecular weight excluding hydrogens is 288 g/mol. The summed E-state index contributed by atoms with van der Waals surface area (Å²) >= 11 is 5.41. The van der Waals surface area contributed by atoms with Crippen molar-refractivity contribution >= 4 is 23.3 Å². The van der Waals surface area contributed by atoms with Crippen LogP contribution in [-0.2, 0) is 9.53 Å². The van der Waals surface area contributed by atoms with Gasteiger partial charge in [0, 0.05) is 19.0 Å². The van der Waals surface area contributed by atoms with E-state index in [1.54, 1.807) is 0 Å². The van der Waals surface area contributed by atoms with E-state index in [-0.39, 0.29) is 12.0 Å². The van der Waals surface area contributed by atoms with Gasteiger partial charge in [-0.05, 0) is 18.3 Å². The number of hydrogen-bond donors (Lipinski definition) is 1. The summed E-state index contributed by atoms with van der Waals surface area (Å²) < 4.78 is 11.3. The zero-order chi connectivity index (χ0) is 15.2. The Balaban J connectivity index is 2.21. The maximum Gasteiger partial charge on any atom is 0.317 e. The number of hydrogen-bond acceptors (Lipinski definition) is 4. The third-order valence-electron chi connectivity index (χ3n) is 4.47. The first-order valence-electron chi connectivity index (χ1n) is 6.95. The van der Waals surface area contributed by atoms with Crippen LogP contribution >= 0.6 is 12.2 Å². The number of methoxy groups -OCH3 is 1. The molecule has 5 nitrogen and oxygen atoms in total. The number of ether oxygens (including phenoxy) is 2. The third kappa shape index (κ3) is 1.82. The van der Waals surface area contributed by atoms with E-state index in [1.165, 1.54) is 7.11 Å². The van der Waals surface area contributed by atoms with E-state index in [1.807, 2.05) is 43.1 Å². The van der Waals surface area contributed by atoms with Crippen LogP contribution < -0.4 is 10.1 Å². The molecule has 0 saturated carbocycles. The first kappa shape index (κ1) is 14.1. The molecule has 0 aliphatic carbocycles. The number of thiocarbonyl (C=S) groups is 1. The van der Waals surface area contributed by atoms with Gasteiger partial charge in [0.15, 0.2) is 10.8 Å². The van der Waals surface area contributed by atoms with Crippen molar-refractivity contribution in [3.8, 4) is 5.75 Å². The van der Waals surface area contributed by atoms with E-state index in [2.05, 4.69) is 5.32 Å². The highest BCUT2D eigenvalue weighted by molar-refractivity contribution is 7.80. The van der Waals surface area contributed by atoms with Crippen molar-refractivity contribution in [2.24, 2.45) is 5.92 Å². The molecule has 2 bridgehead atoms. The number of carbonyl (C=O) groups excluding carboxylic acids is 1. The lowest BCUT2D eigenvalue weighted by atomic mass is 9.77. The van der Waals surface area contributed by atoms with E-state index < -0.39 is 11.6 Å². The fraction of sp³-hybridized carbons (Fsp3) is 0.467. The Morgan fingerprint density at radius 2 is 2.24 bits per heavy atom. The van der Waals surface area contributed by atoms with Crippen LogP contribution in [-0.4, -0.2) is 35.9 Å². The summed E-state index contributed by atoms with van der Waals surface area (Å²) in [6.07, 6.45) is 0.621. The molecule has 21 heavy (non-hydrogen) atoms. The van der Waals surface area contributed by atoms with Gasteiger partial charge in [-0.1, -0.05) is 25.1 Å². The van der Waals surface area contributed by atoms with Gasteiger partial charge in [-0.2, -0.15) is 0 Å². The average molecular weight is 306 g/mol. The van der Waals surface area contributed by atoms with Crippen LogP contribution in [0.25, 0.3) is 0 Å². The summed E-state index contributed by atoms with van der Waals surface area (Å²) in [7, 11) is 3.25. The Bertz CT molecular complexity index is 606. The first-order valence-corrected chi connectivity index (χ1v) is 7.36. The Morgan fingerprint density at radius 3 is 2.90 bits per heavy atom. The van der Waals surface area contributed by atoms with Crippen LogP contribution in [0.15, 0.2) is 24.3 Å². The molecule has 3 unspecified atom stereocenters. The molecule has 0 radical (unpaired) electrons. The van der Waals surface area contributed by atoms with Gasteiger partial charge in [-0.25, -0.2) is 0 Å². The molecule has 3 rings (SSSR count). The van der Waals surface area contributed by atoms with Crippen LogP contribution in [0.2, 0.25) is 0 Å². The molecule has 0 aromatic heterocycles. The quantitative estimate of drug-likeness (QED) is 0.664. The molecule has 1 fully saturated rings. The molecular formula is C15H18N2O3S. The number of rotatable bonds is 2. The van der Waals surface area contributed by atoms with Crippen molar-refractivity contribution in [1.82, 2.24) is 10.2 Å². The topological polar surface area (TPSA) is 50.8 Å². The number of benzene rings is 1. The molecule has 2 aliphatic rings. The summed E-state index contributed by atoms with van der Waals surface area (Å²) in [6, 6.07) is 7.50. The molecule has 1 saturated heterocycles. The number of fused-ring (bicyclic) bond motifs is 4. The summed E-state index contributed by atoms with van der Waals surface area (Å²) in [4.78, 5) is 14.2. The van der Waals surface area contributed by atoms with Crippen LogP contribution in [0.5, 0.6) is 5.75 Å². The zero-order valence-electron chi connectivity index (χ0n) is 12.3. The van der Waals surface area contributed by atoms with Gasteiger partial charge in [0.2, 0.25) is 0 Å². The number of nitrogens with zero attached hydrogens (tertiary/aromatic N) is 1. The van der Waals surface area contributed by atoms with E-state index in [0.717, 1.165) is 11.3 Å². The summed E-state index contributed by atoms with van der Waals surface area (Å²) in [6.45, 7) is 1.99. The minimum Gasteiger partial charge on any atom is -0.469 e. The third-order valence-corrected chi connectivity index (χ3v) is 4.86. The number of esters is 1. The second-order valence-electron chi connectivity index (χ2n) is 5.33. The Hall–Kier alpha value is -1.82. The van der Waals surface area contributed by atoms with E-state index in [0.29, 0.717) is 11.5 Å². The smallest absolute Gasteiger partial charge is 0.317 e. The number of para-hydroxylation sites is 1. The predicted molar refractivity (Wildman–Crippen MR) is 81.8 cm³/mol. The Kier molecular flexibility index (Phi) is 3.28. The van der Waals surface area contributed by atoms with Crippen LogP contribution in [0.3, 0.4) is 0 Å². The highest BCUT2D eigenvalue weighted by atomic mass is 32.1. The van der Waals surface area contributed by atoms with Crippen molar-refractivity contribution in [3.63, 3.8) is 0 Å². The van der Waals surface area contributed by atoms with Gasteiger partial charge >= 0.3 is 5.97 Å². The molecule has 2 heterocycles. The number of carbonyl (C=O) groups is 1. The minimum atomic E-state index is -0.811. The van der Waals surface area contributed by atoms with Crippen molar-refractivity contribution in [2.45, 2.75) is 25.1 Å². The maximum absolute atomic E-state index is 12.4. The molecule has 1 aromatic carbocycles. The summed E-state index contributed by atoms with van der Waals surface area (Å²) in [5.74, 6) is 0.0173. The molecule has 2 aliphatic heterocycles. The fourth-order valence-corrected chi connectivity index (χ4v) is 3.62. The monoisotopic (exact) mass is 306 g/mol. The summed E-state index contributed by atoms with van der Waals surface area (Å²) in [5, 5.41) is 3.83. The Morgan fingerprint density at radius 1 is 1.52 bits per heavy atom. The van der Waals surface area contributed by atoms with E-state index >= 15 is 0 Å². The SMILES string of the molecule is CCC12Oc3ccccc3C(NC(=S)N1C)C2C(=O)OC. The van der Waals surface area contributed by atoms with Gasteiger partial charge in [0.05, 0.1) is 13.2 Å². The molecule has 112 valence electrons. The van der Waals surface area contributed by atoms with Crippen LogP contribution in [0.4, 0.5) is 0 Å². The lowest BCUT2D eigenvalue weighted by molar-refractivity contribution is -0.175. The van der Waals surface area contributed by atoms with Gasteiger partial charge in [-0.3, -0.25) is 4.79 Å². The predicted octanol–water partition coefficient (Wildman–Crippen LogP) is 1.84. The molecule has 3 atom stereocenters. The zero-order valence-corrected chi connectivity index (χ0v) is 13.1. The molecule has 1 N–H and O–H groups in total. The maximum atomic E-state index is 12.4. The normalized spacial score (nSPS) is 30.0. The van der Waals surface area contributed by atoms with E-state index in [4.69, 9.17) is 21.7 Å². The van der Waals surface area contributed by atoms with Crippen LogP contribution in [0, 0.1) is 5.92 Å². The average Bonchev–Trinajstić information content (AvgIpc) is 2.51. The van der Waals surface area contributed by atoms with Gasteiger partial charge in [0.25, 0.3) is 0 Å². The molecule has 1 aromatic rings. The molecule has 0 spiro atoms. The second kappa shape index (κ2) is 4.87. The molecule has 6 heteroatoms. The van der Waals surface area contributed by atoms with Crippen LogP contribution in [0.1, 0.15) is 24.9 Å². The highest BCUT2D eigenvalue weighted by Crippen LogP contribution is 2.49. The minimum absolute atomic E-state index is 0.231. The van der Waals surface area contributed by atoms with Gasteiger partial charge in [-0.15, -0.1) is 0 Å². The Labute approximate surface area is 129 Å². The van der Waals surface area contributed by atoms with E-state index in [9.17, 15) is 4.79 Å². The largest absolute Gasteiger partial charge is 0.469 e. The van der Waals surface area contributed by atoms with Crippen molar-refractivity contribution in [1.29, 1.82) is 0 Å². The standard InChI is InChI=1S/C15H18N2O3S/c1-4-15-11(13(18)19-3)12(16-14(21)17(15)2)9-7-5-6-8-10(9)20-15/h5-8,11-12H,4H2,1-3H3,(H,16,21). The van der Waals surface area contributed by atoms with Gasteiger partial charge in [0.1, 0.15) is 11.7 Å². The highest BCUT2D eigenvalue weighted by Gasteiger charge is 2.59. The fourth-order valence-electron chi connectivity index (χ4n) is 3.34.